The third-order valence-electron chi connectivity index (χ3n) is 6.29. The van der Waals surface area contributed by atoms with Crippen molar-refractivity contribution < 1.29 is 18.9 Å². The highest BCUT2D eigenvalue weighted by molar-refractivity contribution is 6.74. The van der Waals surface area contributed by atoms with Crippen molar-refractivity contribution in [3.8, 4) is 0 Å². The van der Waals surface area contributed by atoms with Gasteiger partial charge in [-0.2, -0.15) is 0 Å². The molecule has 0 aliphatic carbocycles. The molecule has 1 N–H and O–H groups in total. The van der Waals surface area contributed by atoms with Crippen molar-refractivity contribution >= 4 is 25.9 Å². The molecule has 2 aliphatic heterocycles. The highest BCUT2D eigenvalue weighted by atomic mass is 28.4. The van der Waals surface area contributed by atoms with Crippen LogP contribution in [0.25, 0.3) is 0 Å². The van der Waals surface area contributed by atoms with Gasteiger partial charge in [-0.05, 0) is 35.8 Å². The number of nitro benzene ring substituents is 1. The third-order valence-corrected chi connectivity index (χ3v) is 10.8. The van der Waals surface area contributed by atoms with Gasteiger partial charge in [0.25, 0.3) is 5.69 Å². The van der Waals surface area contributed by atoms with Crippen molar-refractivity contribution in [3.63, 3.8) is 0 Å². The van der Waals surface area contributed by atoms with Crippen LogP contribution in [0.4, 0.5) is 10.5 Å². The van der Waals surface area contributed by atoms with Crippen LogP contribution >= 0.6 is 0 Å². The lowest BCUT2D eigenvalue weighted by Gasteiger charge is -2.38. The third kappa shape index (κ3) is 5.42. The second kappa shape index (κ2) is 8.95. The van der Waals surface area contributed by atoms with E-state index in [1.54, 1.807) is 17.0 Å². The number of nitrogens with zero attached hydrogens (tertiary/aromatic N) is 3. The summed E-state index contributed by atoms with van der Waals surface area (Å²) < 4.78 is 12.1. The molecule has 2 atom stereocenters. The van der Waals surface area contributed by atoms with Crippen molar-refractivity contribution in [2.75, 3.05) is 19.6 Å². The molecule has 2 unspecified atom stereocenters. The molecule has 10 heteroatoms. The molecule has 1 saturated heterocycles. The van der Waals surface area contributed by atoms with Crippen LogP contribution in [-0.2, 0) is 15.8 Å². The monoisotopic (exact) mass is 448 g/mol. The van der Waals surface area contributed by atoms with E-state index >= 15 is 0 Å². The number of non-ortho nitro benzene ring substituents is 1. The largest absolute Gasteiger partial charge is 0.445 e. The number of benzene rings is 1. The molecular formula is C21H32N4O5Si. The summed E-state index contributed by atoms with van der Waals surface area (Å²) in [5.74, 6) is 0.814. The van der Waals surface area contributed by atoms with Gasteiger partial charge in [-0.15, -0.1) is 0 Å². The van der Waals surface area contributed by atoms with Gasteiger partial charge in [0.15, 0.2) is 8.32 Å². The lowest BCUT2D eigenvalue weighted by molar-refractivity contribution is -0.384. The van der Waals surface area contributed by atoms with E-state index in [2.05, 4.69) is 44.2 Å². The second-order valence-corrected chi connectivity index (χ2v) is 14.3. The number of amidine groups is 1. The Kier molecular flexibility index (Phi) is 6.70. The summed E-state index contributed by atoms with van der Waals surface area (Å²) in [6, 6.07) is 5.81. The number of amides is 1. The van der Waals surface area contributed by atoms with Crippen LogP contribution in [0, 0.1) is 10.1 Å². The number of nitrogens with one attached hydrogen (secondary N) is 1. The topological polar surface area (TPSA) is 106 Å². The predicted octanol–water partition coefficient (Wildman–Crippen LogP) is 3.70. The van der Waals surface area contributed by atoms with E-state index in [9.17, 15) is 14.9 Å². The smallest absolute Gasteiger partial charge is 0.410 e. The summed E-state index contributed by atoms with van der Waals surface area (Å²) in [7, 11) is -1.98. The van der Waals surface area contributed by atoms with Gasteiger partial charge < -0.3 is 14.5 Å². The standard InChI is InChI=1S/C21H32N4O5Si/c1-21(2,3)31(4,5)30-17-12-18(19-22-10-11-23-19)24(13-17)20(26)29-14-15-6-8-16(9-7-15)25(27)28/h6-9,17-18H,10-14H2,1-5H3,(H,22,23). The average molecular weight is 449 g/mol. The molecular weight excluding hydrogens is 416 g/mol. The molecule has 2 aliphatic rings. The fourth-order valence-corrected chi connectivity index (χ4v) is 4.88. The zero-order chi connectivity index (χ0) is 22.8. The van der Waals surface area contributed by atoms with E-state index in [0.717, 1.165) is 12.4 Å². The van der Waals surface area contributed by atoms with Crippen molar-refractivity contribution in [1.82, 2.24) is 10.2 Å². The van der Waals surface area contributed by atoms with Gasteiger partial charge in [0.05, 0.1) is 23.6 Å². The Morgan fingerprint density at radius 3 is 2.55 bits per heavy atom. The minimum absolute atomic E-state index is 0.00521. The molecule has 0 bridgehead atoms. The van der Waals surface area contributed by atoms with Crippen LogP contribution in [0.15, 0.2) is 29.3 Å². The summed E-state index contributed by atoms with van der Waals surface area (Å²) in [5, 5.41) is 14.2. The van der Waals surface area contributed by atoms with Gasteiger partial charge in [-0.3, -0.25) is 20.0 Å². The maximum atomic E-state index is 12.9. The van der Waals surface area contributed by atoms with Crippen LogP contribution in [0.2, 0.25) is 18.1 Å². The van der Waals surface area contributed by atoms with Gasteiger partial charge in [0.2, 0.25) is 0 Å². The molecule has 2 heterocycles. The number of aliphatic imine (C=N–C) groups is 1. The number of carbonyl (C=O) groups excluding carboxylic acids is 1. The first-order valence-corrected chi connectivity index (χ1v) is 13.5. The molecule has 3 rings (SSSR count). The summed E-state index contributed by atoms with van der Waals surface area (Å²) in [6.07, 6.45) is 0.189. The Balaban J connectivity index is 1.67. The molecule has 1 fully saturated rings. The van der Waals surface area contributed by atoms with Crippen molar-refractivity contribution in [2.45, 2.75) is 64.1 Å². The first kappa shape index (κ1) is 23.2. The van der Waals surface area contributed by atoms with E-state index in [1.165, 1.54) is 12.1 Å². The number of hydrogen-bond acceptors (Lipinski definition) is 7. The maximum Gasteiger partial charge on any atom is 0.410 e. The predicted molar refractivity (Wildman–Crippen MR) is 121 cm³/mol. The molecule has 9 nitrogen and oxygen atoms in total. The van der Waals surface area contributed by atoms with E-state index in [0.29, 0.717) is 25.1 Å². The Bertz CT molecular complexity index is 850. The molecule has 1 amide bonds. The first-order chi connectivity index (χ1) is 14.5. The summed E-state index contributed by atoms with van der Waals surface area (Å²) >= 11 is 0. The normalized spacial score (nSPS) is 21.6. The van der Waals surface area contributed by atoms with E-state index in [-0.39, 0.29) is 29.5 Å². The van der Waals surface area contributed by atoms with E-state index < -0.39 is 19.3 Å². The first-order valence-electron chi connectivity index (χ1n) is 10.6. The van der Waals surface area contributed by atoms with Crippen LogP contribution in [0.5, 0.6) is 0 Å². The summed E-state index contributed by atoms with van der Waals surface area (Å²) in [6.45, 7) is 13.0. The van der Waals surface area contributed by atoms with Gasteiger partial charge in [0, 0.05) is 31.6 Å². The summed E-state index contributed by atoms with van der Waals surface area (Å²) in [5.41, 5.74) is 0.700. The lowest BCUT2D eigenvalue weighted by atomic mass is 10.2. The van der Waals surface area contributed by atoms with Gasteiger partial charge >= 0.3 is 6.09 Å². The Hall–Kier alpha value is -2.46. The Labute approximate surface area is 184 Å². The zero-order valence-electron chi connectivity index (χ0n) is 18.9. The van der Waals surface area contributed by atoms with Crippen LogP contribution < -0.4 is 5.32 Å². The van der Waals surface area contributed by atoms with Crippen LogP contribution in [0.1, 0.15) is 32.8 Å². The van der Waals surface area contributed by atoms with E-state index in [1.807, 2.05) is 0 Å². The highest BCUT2D eigenvalue weighted by Crippen LogP contribution is 2.39. The number of ether oxygens (including phenoxy) is 1. The molecule has 31 heavy (non-hydrogen) atoms. The molecule has 1 aromatic rings. The van der Waals surface area contributed by atoms with Gasteiger partial charge in [-0.25, -0.2) is 4.79 Å². The zero-order valence-corrected chi connectivity index (χ0v) is 19.9. The number of rotatable bonds is 6. The number of likely N-dealkylation sites (tertiary alicyclic amines) is 1. The highest BCUT2D eigenvalue weighted by Gasteiger charge is 2.45. The SMILES string of the molecule is CC(C)(C)[Si](C)(C)OC1CC(C2=NCCN2)N(C(=O)OCc2ccc([N+](=O)[O-])cc2)C1. The van der Waals surface area contributed by atoms with Gasteiger partial charge in [-0.1, -0.05) is 20.8 Å². The minimum atomic E-state index is -1.98. The Morgan fingerprint density at radius 2 is 2.00 bits per heavy atom. The van der Waals surface area contributed by atoms with Crippen LogP contribution in [-0.4, -0.2) is 61.8 Å². The van der Waals surface area contributed by atoms with E-state index in [4.69, 9.17) is 9.16 Å². The van der Waals surface area contributed by atoms with Crippen molar-refractivity contribution in [1.29, 1.82) is 0 Å². The molecule has 1 aromatic carbocycles. The lowest BCUT2D eigenvalue weighted by Crippen LogP contribution is -2.45. The maximum absolute atomic E-state index is 12.9. The fraction of sp³-hybridized carbons (Fsp3) is 0.619. The second-order valence-electron chi connectivity index (χ2n) is 9.58. The molecule has 0 spiro atoms. The minimum Gasteiger partial charge on any atom is -0.445 e. The molecule has 0 radical (unpaired) electrons. The number of hydrogen-bond donors (Lipinski definition) is 1. The molecule has 0 saturated carbocycles. The van der Waals surface area contributed by atoms with Crippen molar-refractivity contribution in [2.24, 2.45) is 4.99 Å². The molecule has 0 aromatic heterocycles. The van der Waals surface area contributed by atoms with Gasteiger partial charge in [0.1, 0.15) is 12.4 Å². The Morgan fingerprint density at radius 1 is 1.32 bits per heavy atom. The fourth-order valence-electron chi connectivity index (χ4n) is 3.52. The van der Waals surface area contributed by atoms with Crippen LogP contribution in [0.3, 0.4) is 0 Å². The number of nitro groups is 1. The molecule has 170 valence electrons. The van der Waals surface area contributed by atoms with Crippen molar-refractivity contribution in [3.05, 3.63) is 39.9 Å². The summed E-state index contributed by atoms with van der Waals surface area (Å²) in [4.78, 5) is 29.5. The average Bonchev–Trinajstić information content (AvgIpc) is 3.35. The number of carbonyl (C=O) groups is 1. The quantitative estimate of drug-likeness (QED) is 0.404.